The van der Waals surface area contributed by atoms with E-state index < -0.39 is 0 Å². The van der Waals surface area contributed by atoms with E-state index in [-0.39, 0.29) is 6.10 Å². The summed E-state index contributed by atoms with van der Waals surface area (Å²) in [7, 11) is 1.61. The molecule has 4 nitrogen and oxygen atoms in total. The van der Waals surface area contributed by atoms with Crippen LogP contribution in [0.5, 0.6) is 5.88 Å². The van der Waals surface area contributed by atoms with E-state index >= 15 is 0 Å². The summed E-state index contributed by atoms with van der Waals surface area (Å²) in [6, 6.07) is 3.60. The zero-order chi connectivity index (χ0) is 11.5. The molecular formula is C11H16N2O2S. The standard InChI is InChI=1S/C11H16N2O2S/c1-7-9(5-6-15-7)16-11-8(12)3-4-10(13-11)14-2/h3-4,7,9H,5-6,12H2,1-2H3. The SMILES string of the molecule is COc1ccc(N)c(SC2CCOC2C)n1. The quantitative estimate of drug-likeness (QED) is 0.875. The minimum atomic E-state index is 0.261. The number of nitrogen functional groups attached to an aromatic ring is 1. The molecule has 16 heavy (non-hydrogen) atoms. The van der Waals surface area contributed by atoms with Gasteiger partial charge in [0.25, 0.3) is 0 Å². The van der Waals surface area contributed by atoms with Crippen molar-refractivity contribution in [1.29, 1.82) is 0 Å². The summed E-state index contributed by atoms with van der Waals surface area (Å²) in [5.74, 6) is 0.600. The second kappa shape index (κ2) is 4.93. The summed E-state index contributed by atoms with van der Waals surface area (Å²) in [4.78, 5) is 4.35. The predicted molar refractivity (Wildman–Crippen MR) is 64.9 cm³/mol. The largest absolute Gasteiger partial charge is 0.481 e. The van der Waals surface area contributed by atoms with Crippen LogP contribution >= 0.6 is 11.8 Å². The van der Waals surface area contributed by atoms with Crippen LogP contribution in [-0.2, 0) is 4.74 Å². The highest BCUT2D eigenvalue weighted by atomic mass is 32.2. The third-order valence-electron chi connectivity index (χ3n) is 2.64. The van der Waals surface area contributed by atoms with Gasteiger partial charge >= 0.3 is 0 Å². The Morgan fingerprint density at radius 2 is 2.38 bits per heavy atom. The van der Waals surface area contributed by atoms with Crippen molar-refractivity contribution in [2.45, 2.75) is 29.7 Å². The lowest BCUT2D eigenvalue weighted by Gasteiger charge is -2.14. The number of pyridine rings is 1. The molecule has 1 aromatic heterocycles. The third-order valence-corrected chi connectivity index (χ3v) is 4.11. The molecule has 1 fully saturated rings. The van der Waals surface area contributed by atoms with Crippen molar-refractivity contribution < 1.29 is 9.47 Å². The van der Waals surface area contributed by atoms with E-state index in [4.69, 9.17) is 15.2 Å². The fourth-order valence-electron chi connectivity index (χ4n) is 1.65. The van der Waals surface area contributed by atoms with E-state index in [1.807, 2.05) is 6.07 Å². The molecule has 1 aliphatic rings. The van der Waals surface area contributed by atoms with E-state index in [1.54, 1.807) is 24.9 Å². The minimum Gasteiger partial charge on any atom is -0.481 e. The average Bonchev–Trinajstić information content (AvgIpc) is 2.68. The zero-order valence-corrected chi connectivity index (χ0v) is 10.3. The monoisotopic (exact) mass is 240 g/mol. The highest BCUT2D eigenvalue weighted by Gasteiger charge is 2.26. The maximum atomic E-state index is 5.89. The van der Waals surface area contributed by atoms with E-state index in [0.717, 1.165) is 18.1 Å². The van der Waals surface area contributed by atoms with Crippen LogP contribution in [0.4, 0.5) is 5.69 Å². The molecule has 0 radical (unpaired) electrons. The lowest BCUT2D eigenvalue weighted by molar-refractivity contribution is 0.127. The average molecular weight is 240 g/mol. The van der Waals surface area contributed by atoms with E-state index in [9.17, 15) is 0 Å². The molecule has 0 spiro atoms. The lowest BCUT2D eigenvalue weighted by atomic mass is 10.3. The maximum absolute atomic E-state index is 5.89. The Morgan fingerprint density at radius 1 is 1.56 bits per heavy atom. The zero-order valence-electron chi connectivity index (χ0n) is 9.47. The Bertz CT molecular complexity index is 373. The first-order valence-electron chi connectivity index (χ1n) is 5.29. The summed E-state index contributed by atoms with van der Waals surface area (Å²) >= 11 is 1.67. The van der Waals surface area contributed by atoms with Gasteiger partial charge in [-0.1, -0.05) is 11.8 Å². The van der Waals surface area contributed by atoms with Gasteiger partial charge in [-0.2, -0.15) is 0 Å². The molecule has 1 saturated heterocycles. The van der Waals surface area contributed by atoms with E-state index in [2.05, 4.69) is 11.9 Å². The van der Waals surface area contributed by atoms with Crippen molar-refractivity contribution in [3.05, 3.63) is 12.1 Å². The molecule has 0 aromatic carbocycles. The Kier molecular flexibility index (Phi) is 3.56. The minimum absolute atomic E-state index is 0.261. The van der Waals surface area contributed by atoms with Crippen LogP contribution in [0.2, 0.25) is 0 Å². The van der Waals surface area contributed by atoms with E-state index in [0.29, 0.717) is 16.8 Å². The van der Waals surface area contributed by atoms with Gasteiger partial charge in [0, 0.05) is 17.9 Å². The molecule has 2 N–H and O–H groups in total. The number of anilines is 1. The molecule has 2 atom stereocenters. The summed E-state index contributed by atoms with van der Waals surface area (Å²) in [6.07, 6.45) is 1.31. The molecule has 2 heterocycles. The van der Waals surface area contributed by atoms with Crippen molar-refractivity contribution in [1.82, 2.24) is 4.98 Å². The molecule has 1 aromatic rings. The number of aromatic nitrogens is 1. The first-order chi connectivity index (χ1) is 7.70. The van der Waals surface area contributed by atoms with Gasteiger partial charge in [-0.25, -0.2) is 4.98 Å². The van der Waals surface area contributed by atoms with Crippen LogP contribution in [0, 0.1) is 0 Å². The van der Waals surface area contributed by atoms with Gasteiger partial charge in [-0.05, 0) is 19.4 Å². The highest BCUT2D eigenvalue weighted by molar-refractivity contribution is 8.00. The molecule has 0 aliphatic carbocycles. The number of hydrogen-bond donors (Lipinski definition) is 1. The second-order valence-electron chi connectivity index (χ2n) is 3.77. The van der Waals surface area contributed by atoms with Crippen LogP contribution in [0.25, 0.3) is 0 Å². The number of thioether (sulfide) groups is 1. The lowest BCUT2D eigenvalue weighted by Crippen LogP contribution is -2.13. The first-order valence-corrected chi connectivity index (χ1v) is 6.17. The second-order valence-corrected chi connectivity index (χ2v) is 5.00. The predicted octanol–water partition coefficient (Wildman–Crippen LogP) is 1.94. The molecule has 2 unspecified atom stereocenters. The molecule has 0 saturated carbocycles. The smallest absolute Gasteiger partial charge is 0.214 e. The van der Waals surface area contributed by atoms with Crippen LogP contribution in [0.1, 0.15) is 13.3 Å². The van der Waals surface area contributed by atoms with Gasteiger partial charge in [-0.15, -0.1) is 0 Å². The number of nitrogens with two attached hydrogens (primary N) is 1. The molecule has 2 rings (SSSR count). The molecule has 0 amide bonds. The van der Waals surface area contributed by atoms with Crippen molar-refractivity contribution in [3.8, 4) is 5.88 Å². The van der Waals surface area contributed by atoms with Crippen molar-refractivity contribution in [2.75, 3.05) is 19.5 Å². The van der Waals surface area contributed by atoms with Crippen molar-refractivity contribution >= 4 is 17.4 Å². The van der Waals surface area contributed by atoms with Gasteiger partial charge in [0.2, 0.25) is 5.88 Å². The summed E-state index contributed by atoms with van der Waals surface area (Å²) in [6.45, 7) is 2.91. The van der Waals surface area contributed by atoms with Crippen LogP contribution in [0.15, 0.2) is 17.2 Å². The number of hydrogen-bond acceptors (Lipinski definition) is 5. The summed E-state index contributed by atoms with van der Waals surface area (Å²) < 4.78 is 10.6. The van der Waals surface area contributed by atoms with Gasteiger partial charge < -0.3 is 15.2 Å². The van der Waals surface area contributed by atoms with Crippen LogP contribution in [-0.4, -0.2) is 30.1 Å². The fraction of sp³-hybridized carbons (Fsp3) is 0.545. The van der Waals surface area contributed by atoms with Gasteiger partial charge in [0.15, 0.2) is 0 Å². The normalized spacial score (nSPS) is 24.6. The molecule has 88 valence electrons. The Morgan fingerprint density at radius 3 is 3.00 bits per heavy atom. The number of rotatable bonds is 3. The fourth-order valence-corrected chi connectivity index (χ4v) is 2.77. The summed E-state index contributed by atoms with van der Waals surface area (Å²) in [5, 5.41) is 1.27. The molecule has 0 bridgehead atoms. The topological polar surface area (TPSA) is 57.4 Å². The van der Waals surface area contributed by atoms with Crippen LogP contribution in [0.3, 0.4) is 0 Å². The Hall–Kier alpha value is -0.940. The van der Waals surface area contributed by atoms with Gasteiger partial charge in [0.1, 0.15) is 5.03 Å². The summed E-state index contributed by atoms with van der Waals surface area (Å²) in [5.41, 5.74) is 6.59. The third kappa shape index (κ3) is 2.41. The number of ether oxygens (including phenoxy) is 2. The maximum Gasteiger partial charge on any atom is 0.214 e. The Labute approximate surface area is 99.5 Å². The van der Waals surface area contributed by atoms with Crippen LogP contribution < -0.4 is 10.5 Å². The van der Waals surface area contributed by atoms with Crippen molar-refractivity contribution in [2.24, 2.45) is 0 Å². The number of methoxy groups -OCH3 is 1. The van der Waals surface area contributed by atoms with Gasteiger partial charge in [-0.3, -0.25) is 0 Å². The molecular weight excluding hydrogens is 224 g/mol. The molecule has 5 heteroatoms. The van der Waals surface area contributed by atoms with Gasteiger partial charge in [0.05, 0.1) is 18.9 Å². The highest BCUT2D eigenvalue weighted by Crippen LogP contribution is 2.35. The first kappa shape index (κ1) is 11.5. The Balaban J connectivity index is 2.13. The van der Waals surface area contributed by atoms with Crippen molar-refractivity contribution in [3.63, 3.8) is 0 Å². The molecule has 1 aliphatic heterocycles. The van der Waals surface area contributed by atoms with E-state index in [1.165, 1.54) is 0 Å². The number of nitrogens with zero attached hydrogens (tertiary/aromatic N) is 1.